The van der Waals surface area contributed by atoms with E-state index in [0.29, 0.717) is 6.54 Å². The number of phenols is 1. The van der Waals surface area contributed by atoms with Crippen molar-refractivity contribution < 1.29 is 27.9 Å². The molecule has 0 saturated heterocycles. The zero-order valence-corrected chi connectivity index (χ0v) is 18.2. The Bertz CT molecular complexity index is 1160. The summed E-state index contributed by atoms with van der Waals surface area (Å²) in [6.45, 7) is -0.129. The smallest absolute Gasteiger partial charge is 0.342 e. The molecule has 1 amide bonds. The molecule has 10 heteroatoms. The lowest BCUT2D eigenvalue weighted by molar-refractivity contribution is -0.133. The first-order valence-electron chi connectivity index (χ1n) is 9.10. The molecule has 1 aromatic heterocycles. The molecule has 1 heterocycles. The predicted octanol–water partition coefficient (Wildman–Crippen LogP) is 3.07. The number of nitrogens with one attached hydrogen (secondary N) is 1. The molecule has 31 heavy (non-hydrogen) atoms. The monoisotopic (exact) mass is 460 g/mol. The lowest BCUT2D eigenvalue weighted by Gasteiger charge is -2.17. The molecular formula is C21H20N2O6S2. The number of thiophene rings is 1. The van der Waals surface area contributed by atoms with Gasteiger partial charge in [-0.05, 0) is 29.1 Å². The van der Waals surface area contributed by atoms with E-state index in [9.17, 15) is 23.1 Å². The maximum Gasteiger partial charge on any atom is 0.342 e. The van der Waals surface area contributed by atoms with E-state index < -0.39 is 34.3 Å². The quantitative estimate of drug-likeness (QED) is 0.500. The van der Waals surface area contributed by atoms with E-state index in [1.54, 1.807) is 18.5 Å². The predicted molar refractivity (Wildman–Crippen MR) is 116 cm³/mol. The molecule has 3 aromatic rings. The first-order valence-corrected chi connectivity index (χ1v) is 11.5. The highest BCUT2D eigenvalue weighted by atomic mass is 32.2. The van der Waals surface area contributed by atoms with Gasteiger partial charge in [0.25, 0.3) is 15.9 Å². The number of hydrogen-bond donors (Lipinski definition) is 2. The molecule has 0 saturated carbocycles. The van der Waals surface area contributed by atoms with Crippen LogP contribution in [0.2, 0.25) is 0 Å². The minimum atomic E-state index is -3.79. The fourth-order valence-electron chi connectivity index (χ4n) is 2.65. The summed E-state index contributed by atoms with van der Waals surface area (Å²) in [5.41, 5.74) is 0.835. The fraction of sp³-hybridized carbons (Fsp3) is 0.143. The lowest BCUT2D eigenvalue weighted by Crippen LogP contribution is -2.30. The summed E-state index contributed by atoms with van der Waals surface area (Å²) in [5.74, 6) is -1.77. The topological polar surface area (TPSA) is 113 Å². The van der Waals surface area contributed by atoms with Crippen LogP contribution in [0.4, 0.5) is 5.69 Å². The summed E-state index contributed by atoms with van der Waals surface area (Å²) in [5, 5.41) is 11.8. The maximum atomic E-state index is 12.2. The highest BCUT2D eigenvalue weighted by molar-refractivity contribution is 7.94. The molecule has 3 rings (SSSR count). The SMILES string of the molecule is CN(Cc1ccccc1)C(=O)COC(=O)c1ccc(NS(=O)(=O)c2cccs2)cc1O. The van der Waals surface area contributed by atoms with Crippen molar-refractivity contribution in [3.05, 3.63) is 77.2 Å². The van der Waals surface area contributed by atoms with Crippen molar-refractivity contribution in [3.8, 4) is 5.75 Å². The molecule has 0 fully saturated rings. The van der Waals surface area contributed by atoms with Gasteiger partial charge in [0.2, 0.25) is 0 Å². The van der Waals surface area contributed by atoms with Crippen LogP contribution in [0.25, 0.3) is 0 Å². The number of nitrogens with zero attached hydrogens (tertiary/aromatic N) is 1. The number of esters is 1. The number of carbonyl (C=O) groups excluding carboxylic acids is 2. The summed E-state index contributed by atoms with van der Waals surface area (Å²) in [6.07, 6.45) is 0. The Morgan fingerprint density at radius 3 is 2.48 bits per heavy atom. The normalized spacial score (nSPS) is 11.0. The molecule has 0 unspecified atom stereocenters. The lowest BCUT2D eigenvalue weighted by atomic mass is 10.2. The molecule has 0 aliphatic heterocycles. The molecular weight excluding hydrogens is 440 g/mol. The van der Waals surface area contributed by atoms with Crippen LogP contribution in [0.3, 0.4) is 0 Å². The van der Waals surface area contributed by atoms with Crippen LogP contribution in [-0.4, -0.2) is 44.0 Å². The first kappa shape index (κ1) is 22.3. The molecule has 0 radical (unpaired) electrons. The second-order valence-electron chi connectivity index (χ2n) is 6.58. The number of sulfonamides is 1. The summed E-state index contributed by atoms with van der Waals surface area (Å²) >= 11 is 1.05. The zero-order valence-electron chi connectivity index (χ0n) is 16.5. The Hall–Kier alpha value is -3.37. The summed E-state index contributed by atoms with van der Waals surface area (Å²) in [7, 11) is -2.19. The van der Waals surface area contributed by atoms with E-state index >= 15 is 0 Å². The maximum absolute atomic E-state index is 12.2. The molecule has 2 aromatic carbocycles. The molecule has 0 aliphatic rings. The number of aromatic hydroxyl groups is 1. The Labute approximate surface area is 183 Å². The van der Waals surface area contributed by atoms with E-state index in [4.69, 9.17) is 4.74 Å². The number of rotatable bonds is 8. The minimum Gasteiger partial charge on any atom is -0.507 e. The standard InChI is InChI=1S/C21H20N2O6S2/c1-23(13-15-6-3-2-4-7-15)19(25)14-29-21(26)17-10-9-16(12-18(17)24)22-31(27,28)20-8-5-11-30-20/h2-12,22,24H,13-14H2,1H3. The van der Waals surface area contributed by atoms with Gasteiger partial charge in [-0.15, -0.1) is 11.3 Å². The molecule has 8 nitrogen and oxygen atoms in total. The largest absolute Gasteiger partial charge is 0.507 e. The van der Waals surface area contributed by atoms with Crippen molar-refractivity contribution in [2.45, 2.75) is 10.8 Å². The van der Waals surface area contributed by atoms with E-state index in [1.807, 2.05) is 30.3 Å². The Morgan fingerprint density at radius 1 is 1.10 bits per heavy atom. The first-order chi connectivity index (χ1) is 14.8. The molecule has 2 N–H and O–H groups in total. The van der Waals surface area contributed by atoms with E-state index in [0.717, 1.165) is 23.0 Å². The van der Waals surface area contributed by atoms with Gasteiger partial charge in [-0.2, -0.15) is 0 Å². The Morgan fingerprint density at radius 2 is 1.84 bits per heavy atom. The number of benzene rings is 2. The molecule has 0 spiro atoms. The summed E-state index contributed by atoms with van der Waals surface area (Å²) in [4.78, 5) is 25.9. The Balaban J connectivity index is 1.58. The van der Waals surface area contributed by atoms with Crippen LogP contribution in [0.5, 0.6) is 5.75 Å². The van der Waals surface area contributed by atoms with Crippen LogP contribution in [0.15, 0.2) is 70.3 Å². The van der Waals surface area contributed by atoms with Gasteiger partial charge < -0.3 is 14.7 Å². The van der Waals surface area contributed by atoms with Crippen molar-refractivity contribution in [2.75, 3.05) is 18.4 Å². The van der Waals surface area contributed by atoms with Crippen LogP contribution >= 0.6 is 11.3 Å². The van der Waals surface area contributed by atoms with Gasteiger partial charge in [-0.3, -0.25) is 9.52 Å². The summed E-state index contributed by atoms with van der Waals surface area (Å²) < 4.78 is 31.9. The Kier molecular flexibility index (Phi) is 6.93. The van der Waals surface area contributed by atoms with Gasteiger partial charge in [-0.25, -0.2) is 13.2 Å². The molecule has 0 atom stereocenters. The zero-order chi connectivity index (χ0) is 22.4. The van der Waals surface area contributed by atoms with E-state index in [2.05, 4.69) is 4.72 Å². The second kappa shape index (κ2) is 9.63. The van der Waals surface area contributed by atoms with Gasteiger partial charge in [-0.1, -0.05) is 36.4 Å². The fourth-order valence-corrected chi connectivity index (χ4v) is 4.69. The van der Waals surface area contributed by atoms with E-state index in [1.165, 1.54) is 23.1 Å². The highest BCUT2D eigenvalue weighted by Crippen LogP contribution is 2.26. The minimum absolute atomic E-state index is 0.0844. The van der Waals surface area contributed by atoms with Crippen LogP contribution in [0.1, 0.15) is 15.9 Å². The third-order valence-electron chi connectivity index (χ3n) is 4.24. The molecule has 0 bridgehead atoms. The van der Waals surface area contributed by atoms with Crippen molar-refractivity contribution >= 4 is 38.9 Å². The van der Waals surface area contributed by atoms with Gasteiger partial charge in [0.1, 0.15) is 15.5 Å². The third-order valence-corrected chi connectivity index (χ3v) is 7.02. The van der Waals surface area contributed by atoms with Crippen molar-refractivity contribution in [2.24, 2.45) is 0 Å². The van der Waals surface area contributed by atoms with Gasteiger partial charge in [0, 0.05) is 19.7 Å². The van der Waals surface area contributed by atoms with Gasteiger partial charge in [0.05, 0.1) is 5.69 Å². The second-order valence-corrected chi connectivity index (χ2v) is 9.44. The van der Waals surface area contributed by atoms with Crippen LogP contribution < -0.4 is 4.72 Å². The molecule has 0 aliphatic carbocycles. The summed E-state index contributed by atoms with van der Waals surface area (Å²) in [6, 6.07) is 16.1. The van der Waals surface area contributed by atoms with Crippen LogP contribution in [0, 0.1) is 0 Å². The number of phenolic OH excluding ortho intramolecular Hbond substituents is 1. The third kappa shape index (κ3) is 5.83. The molecule has 162 valence electrons. The number of carbonyl (C=O) groups is 2. The average molecular weight is 461 g/mol. The number of amides is 1. The van der Waals surface area contributed by atoms with Gasteiger partial charge >= 0.3 is 5.97 Å². The number of hydrogen-bond acceptors (Lipinski definition) is 7. The van der Waals surface area contributed by atoms with Crippen molar-refractivity contribution in [1.82, 2.24) is 4.90 Å². The van der Waals surface area contributed by atoms with Gasteiger partial charge in [0.15, 0.2) is 6.61 Å². The van der Waals surface area contributed by atoms with E-state index in [-0.39, 0.29) is 15.5 Å². The van der Waals surface area contributed by atoms with Crippen LogP contribution in [-0.2, 0) is 26.1 Å². The highest BCUT2D eigenvalue weighted by Gasteiger charge is 2.19. The average Bonchev–Trinajstić information content (AvgIpc) is 3.28. The number of likely N-dealkylation sites (N-methyl/N-ethyl adjacent to an activating group) is 1. The van der Waals surface area contributed by atoms with Crippen molar-refractivity contribution in [3.63, 3.8) is 0 Å². The number of ether oxygens (including phenoxy) is 1. The number of anilines is 1. The van der Waals surface area contributed by atoms with Crippen molar-refractivity contribution in [1.29, 1.82) is 0 Å².